The summed E-state index contributed by atoms with van der Waals surface area (Å²) in [7, 11) is 2.21. The van der Waals surface area contributed by atoms with E-state index in [9.17, 15) is 0 Å². The summed E-state index contributed by atoms with van der Waals surface area (Å²) in [6.07, 6.45) is 1.12. The lowest BCUT2D eigenvalue weighted by molar-refractivity contribution is 0.154. The van der Waals surface area contributed by atoms with Gasteiger partial charge in [-0.2, -0.15) is 0 Å². The Morgan fingerprint density at radius 3 is 2.35 bits per heavy atom. The van der Waals surface area contributed by atoms with Crippen molar-refractivity contribution in [2.24, 2.45) is 0 Å². The molecule has 1 aliphatic rings. The van der Waals surface area contributed by atoms with E-state index in [2.05, 4.69) is 60.3 Å². The summed E-state index contributed by atoms with van der Waals surface area (Å²) in [6, 6.07) is 9.44. The van der Waals surface area contributed by atoms with Crippen LogP contribution in [0.5, 0.6) is 0 Å². The van der Waals surface area contributed by atoms with Gasteiger partial charge >= 0.3 is 0 Å². The van der Waals surface area contributed by atoms with E-state index in [4.69, 9.17) is 0 Å². The van der Waals surface area contributed by atoms with Crippen molar-refractivity contribution in [3.8, 4) is 0 Å². The SMILES string of the molecule is CCc1ccc(C(C)NCCN2CCN(C)CC2)cc1. The van der Waals surface area contributed by atoms with Crippen molar-refractivity contribution < 1.29 is 0 Å². The highest BCUT2D eigenvalue weighted by atomic mass is 15.2. The summed E-state index contributed by atoms with van der Waals surface area (Å²) in [4.78, 5) is 4.96. The fourth-order valence-electron chi connectivity index (χ4n) is 2.67. The fraction of sp³-hybridized carbons (Fsp3) is 0.647. The Hall–Kier alpha value is -0.900. The topological polar surface area (TPSA) is 18.5 Å². The maximum Gasteiger partial charge on any atom is 0.0292 e. The van der Waals surface area contributed by atoms with Crippen molar-refractivity contribution in [3.63, 3.8) is 0 Å². The first kappa shape index (κ1) is 15.5. The predicted octanol–water partition coefficient (Wildman–Crippen LogP) is 2.15. The zero-order chi connectivity index (χ0) is 14.4. The lowest BCUT2D eigenvalue weighted by Gasteiger charge is -2.32. The molecule has 0 aromatic heterocycles. The molecule has 1 unspecified atom stereocenters. The van der Waals surface area contributed by atoms with Crippen LogP contribution in [0.25, 0.3) is 0 Å². The molecule has 1 heterocycles. The summed E-state index contributed by atoms with van der Waals surface area (Å²) < 4.78 is 0. The first-order valence-electron chi connectivity index (χ1n) is 7.92. The van der Waals surface area contributed by atoms with Crippen molar-refractivity contribution in [2.75, 3.05) is 46.3 Å². The molecule has 2 rings (SSSR count). The van der Waals surface area contributed by atoms with Crippen LogP contribution >= 0.6 is 0 Å². The van der Waals surface area contributed by atoms with Gasteiger partial charge in [-0.15, -0.1) is 0 Å². The van der Waals surface area contributed by atoms with Gasteiger partial charge in [-0.1, -0.05) is 31.2 Å². The van der Waals surface area contributed by atoms with Crippen molar-refractivity contribution in [2.45, 2.75) is 26.3 Å². The molecule has 1 aromatic rings. The van der Waals surface area contributed by atoms with Gasteiger partial charge in [0.1, 0.15) is 0 Å². The van der Waals surface area contributed by atoms with Crippen molar-refractivity contribution in [3.05, 3.63) is 35.4 Å². The van der Waals surface area contributed by atoms with E-state index in [1.165, 1.54) is 37.3 Å². The molecule has 0 radical (unpaired) electrons. The number of rotatable bonds is 6. The normalized spacial score (nSPS) is 19.1. The van der Waals surface area contributed by atoms with E-state index in [0.29, 0.717) is 6.04 Å². The average molecular weight is 275 g/mol. The van der Waals surface area contributed by atoms with Gasteiger partial charge < -0.3 is 10.2 Å². The van der Waals surface area contributed by atoms with Crippen LogP contribution in [-0.2, 0) is 6.42 Å². The zero-order valence-corrected chi connectivity index (χ0v) is 13.2. The first-order valence-corrected chi connectivity index (χ1v) is 7.92. The number of nitrogens with one attached hydrogen (secondary N) is 1. The standard InChI is InChI=1S/C17H29N3/c1-4-16-5-7-17(8-6-16)15(2)18-9-10-20-13-11-19(3)12-14-20/h5-8,15,18H,4,9-14H2,1-3H3. The Balaban J connectivity index is 1.70. The van der Waals surface area contributed by atoms with E-state index >= 15 is 0 Å². The summed E-state index contributed by atoms with van der Waals surface area (Å²) >= 11 is 0. The van der Waals surface area contributed by atoms with Gasteiger partial charge in [0.05, 0.1) is 0 Å². The van der Waals surface area contributed by atoms with Crippen LogP contribution in [0.3, 0.4) is 0 Å². The average Bonchev–Trinajstić information content (AvgIpc) is 2.49. The zero-order valence-electron chi connectivity index (χ0n) is 13.2. The minimum absolute atomic E-state index is 0.438. The van der Waals surface area contributed by atoms with Crippen molar-refractivity contribution in [1.82, 2.24) is 15.1 Å². The van der Waals surface area contributed by atoms with Gasteiger partial charge in [0.25, 0.3) is 0 Å². The molecule has 1 aromatic carbocycles. The molecular formula is C17H29N3. The van der Waals surface area contributed by atoms with E-state index in [-0.39, 0.29) is 0 Å². The van der Waals surface area contributed by atoms with Crippen LogP contribution in [0, 0.1) is 0 Å². The second-order valence-electron chi connectivity index (χ2n) is 5.92. The fourth-order valence-corrected chi connectivity index (χ4v) is 2.67. The number of likely N-dealkylation sites (N-methyl/N-ethyl adjacent to an activating group) is 1. The lowest BCUT2D eigenvalue weighted by atomic mass is 10.1. The number of benzene rings is 1. The molecule has 3 heteroatoms. The molecule has 1 N–H and O–H groups in total. The van der Waals surface area contributed by atoms with Gasteiger partial charge in [-0.05, 0) is 31.5 Å². The molecule has 0 aliphatic carbocycles. The maximum absolute atomic E-state index is 3.64. The summed E-state index contributed by atoms with van der Waals surface area (Å²) in [5.41, 5.74) is 2.80. The molecule has 1 aliphatic heterocycles. The highest BCUT2D eigenvalue weighted by molar-refractivity contribution is 5.24. The van der Waals surface area contributed by atoms with E-state index < -0.39 is 0 Å². The largest absolute Gasteiger partial charge is 0.309 e. The minimum atomic E-state index is 0.438. The highest BCUT2D eigenvalue weighted by Gasteiger charge is 2.13. The van der Waals surface area contributed by atoms with E-state index in [1.54, 1.807) is 0 Å². The predicted molar refractivity (Wildman–Crippen MR) is 86.2 cm³/mol. The molecule has 0 bridgehead atoms. The highest BCUT2D eigenvalue weighted by Crippen LogP contribution is 2.13. The Bertz CT molecular complexity index is 380. The van der Waals surface area contributed by atoms with Gasteiger partial charge in [-0.25, -0.2) is 0 Å². The van der Waals surface area contributed by atoms with Crippen LogP contribution < -0.4 is 5.32 Å². The third-order valence-electron chi connectivity index (χ3n) is 4.36. The number of aryl methyl sites for hydroxylation is 1. The molecule has 1 fully saturated rings. The van der Waals surface area contributed by atoms with Crippen LogP contribution in [0.15, 0.2) is 24.3 Å². The molecule has 0 spiro atoms. The van der Waals surface area contributed by atoms with Gasteiger partial charge in [0.2, 0.25) is 0 Å². The maximum atomic E-state index is 3.64. The molecule has 1 saturated heterocycles. The molecular weight excluding hydrogens is 246 g/mol. The van der Waals surface area contributed by atoms with Crippen LogP contribution in [0.4, 0.5) is 0 Å². The summed E-state index contributed by atoms with van der Waals surface area (Å²) in [6.45, 7) is 11.5. The Labute approximate surface area is 124 Å². The molecule has 0 amide bonds. The number of piperazine rings is 1. The minimum Gasteiger partial charge on any atom is -0.309 e. The smallest absolute Gasteiger partial charge is 0.0292 e. The van der Waals surface area contributed by atoms with Crippen molar-refractivity contribution >= 4 is 0 Å². The third-order valence-corrected chi connectivity index (χ3v) is 4.36. The van der Waals surface area contributed by atoms with Crippen LogP contribution in [0.1, 0.15) is 31.0 Å². The first-order chi connectivity index (χ1) is 9.69. The van der Waals surface area contributed by atoms with Gasteiger partial charge in [0.15, 0.2) is 0 Å². The second-order valence-corrected chi connectivity index (χ2v) is 5.92. The van der Waals surface area contributed by atoms with Crippen LogP contribution in [-0.4, -0.2) is 56.1 Å². The third kappa shape index (κ3) is 4.58. The lowest BCUT2D eigenvalue weighted by Crippen LogP contribution is -2.46. The summed E-state index contributed by atoms with van der Waals surface area (Å²) in [5.74, 6) is 0. The monoisotopic (exact) mass is 275 g/mol. The number of hydrogen-bond donors (Lipinski definition) is 1. The Morgan fingerprint density at radius 1 is 1.10 bits per heavy atom. The van der Waals surface area contributed by atoms with E-state index in [0.717, 1.165) is 19.5 Å². The van der Waals surface area contributed by atoms with Crippen LogP contribution in [0.2, 0.25) is 0 Å². The molecule has 20 heavy (non-hydrogen) atoms. The molecule has 0 saturated carbocycles. The second kappa shape index (κ2) is 7.77. The molecule has 3 nitrogen and oxygen atoms in total. The van der Waals surface area contributed by atoms with Gasteiger partial charge in [0, 0.05) is 45.3 Å². The quantitative estimate of drug-likeness (QED) is 0.858. The Kier molecular flexibility index (Phi) is 6.02. The Morgan fingerprint density at radius 2 is 1.75 bits per heavy atom. The van der Waals surface area contributed by atoms with Gasteiger partial charge in [-0.3, -0.25) is 4.90 Å². The van der Waals surface area contributed by atoms with E-state index in [1.807, 2.05) is 0 Å². The number of hydrogen-bond acceptors (Lipinski definition) is 3. The molecule has 112 valence electrons. The summed E-state index contributed by atoms with van der Waals surface area (Å²) in [5, 5.41) is 3.64. The number of nitrogens with zero attached hydrogens (tertiary/aromatic N) is 2. The molecule has 1 atom stereocenters. The van der Waals surface area contributed by atoms with Crippen molar-refractivity contribution in [1.29, 1.82) is 0 Å².